The van der Waals surface area contributed by atoms with Gasteiger partial charge in [0.1, 0.15) is 0 Å². The molecule has 0 aliphatic heterocycles. The Balaban J connectivity index is 2.38. The molecule has 1 aromatic carbocycles. The first-order valence-electron chi connectivity index (χ1n) is 4.62. The summed E-state index contributed by atoms with van der Waals surface area (Å²) < 4.78 is 1.47. The summed E-state index contributed by atoms with van der Waals surface area (Å²) >= 11 is 11.9. The molecule has 0 saturated carbocycles. The summed E-state index contributed by atoms with van der Waals surface area (Å²) in [6, 6.07) is 6.73. The molecule has 0 amide bonds. The number of halogens is 2. The highest BCUT2D eigenvalue weighted by Crippen LogP contribution is 2.25. The standard InChI is InChI=1S/C11H8Cl2N2O/c12-9-3-1-2-8(11(9)13)6-15-7-14-5-4-10(15)16/h1-5,7H,6H2. The van der Waals surface area contributed by atoms with Crippen molar-refractivity contribution in [1.82, 2.24) is 9.55 Å². The molecule has 0 saturated heterocycles. The molecule has 0 fully saturated rings. The van der Waals surface area contributed by atoms with Crippen LogP contribution in [0.3, 0.4) is 0 Å². The quantitative estimate of drug-likeness (QED) is 0.826. The van der Waals surface area contributed by atoms with Gasteiger partial charge in [-0.3, -0.25) is 9.36 Å². The third-order valence-electron chi connectivity index (χ3n) is 2.16. The number of rotatable bonds is 2. The lowest BCUT2D eigenvalue weighted by Crippen LogP contribution is -2.19. The second-order valence-electron chi connectivity index (χ2n) is 3.26. The minimum atomic E-state index is -0.119. The Kier molecular flexibility index (Phi) is 3.27. The van der Waals surface area contributed by atoms with Crippen molar-refractivity contribution in [3.05, 3.63) is 62.8 Å². The van der Waals surface area contributed by atoms with E-state index in [1.54, 1.807) is 12.1 Å². The third kappa shape index (κ3) is 2.26. The van der Waals surface area contributed by atoms with Crippen molar-refractivity contribution >= 4 is 23.2 Å². The van der Waals surface area contributed by atoms with Gasteiger partial charge in [-0.2, -0.15) is 0 Å². The van der Waals surface area contributed by atoms with E-state index in [-0.39, 0.29) is 5.56 Å². The summed E-state index contributed by atoms with van der Waals surface area (Å²) in [7, 11) is 0. The first-order valence-corrected chi connectivity index (χ1v) is 5.37. The number of benzene rings is 1. The van der Waals surface area contributed by atoms with Gasteiger partial charge in [0.25, 0.3) is 5.56 Å². The van der Waals surface area contributed by atoms with Gasteiger partial charge >= 0.3 is 0 Å². The van der Waals surface area contributed by atoms with Gasteiger partial charge in [-0.15, -0.1) is 0 Å². The van der Waals surface area contributed by atoms with Crippen LogP contribution < -0.4 is 5.56 Å². The van der Waals surface area contributed by atoms with Gasteiger partial charge in [-0.1, -0.05) is 35.3 Å². The second kappa shape index (κ2) is 4.68. The van der Waals surface area contributed by atoms with Crippen LogP contribution in [0.1, 0.15) is 5.56 Å². The summed E-state index contributed by atoms with van der Waals surface area (Å²) in [5.41, 5.74) is 0.676. The van der Waals surface area contributed by atoms with Gasteiger partial charge in [0.15, 0.2) is 0 Å². The lowest BCUT2D eigenvalue weighted by atomic mass is 10.2. The highest BCUT2D eigenvalue weighted by Gasteiger charge is 2.05. The number of hydrogen-bond acceptors (Lipinski definition) is 2. The first kappa shape index (κ1) is 11.2. The van der Waals surface area contributed by atoms with Crippen LogP contribution in [0.25, 0.3) is 0 Å². The van der Waals surface area contributed by atoms with Gasteiger partial charge in [0.05, 0.1) is 22.9 Å². The zero-order valence-electron chi connectivity index (χ0n) is 8.23. The monoisotopic (exact) mass is 254 g/mol. The van der Waals surface area contributed by atoms with E-state index < -0.39 is 0 Å². The zero-order valence-corrected chi connectivity index (χ0v) is 9.74. The zero-order chi connectivity index (χ0) is 11.5. The van der Waals surface area contributed by atoms with E-state index in [9.17, 15) is 4.79 Å². The molecule has 0 radical (unpaired) electrons. The van der Waals surface area contributed by atoms with E-state index >= 15 is 0 Å². The summed E-state index contributed by atoms with van der Waals surface area (Å²) in [4.78, 5) is 15.3. The third-order valence-corrected chi connectivity index (χ3v) is 3.02. The molecule has 0 aliphatic carbocycles. The fraction of sp³-hybridized carbons (Fsp3) is 0.0909. The molecular formula is C11H8Cl2N2O. The molecule has 0 unspecified atom stereocenters. The Bertz CT molecular complexity index is 566. The maximum Gasteiger partial charge on any atom is 0.253 e. The molecule has 3 nitrogen and oxygen atoms in total. The van der Waals surface area contributed by atoms with Crippen molar-refractivity contribution in [3.63, 3.8) is 0 Å². The summed E-state index contributed by atoms with van der Waals surface area (Å²) in [5.74, 6) is 0. The van der Waals surface area contributed by atoms with Gasteiger partial charge in [-0.05, 0) is 11.6 Å². The molecule has 0 spiro atoms. The van der Waals surface area contributed by atoms with Gasteiger partial charge < -0.3 is 0 Å². The van der Waals surface area contributed by atoms with Gasteiger partial charge in [0.2, 0.25) is 0 Å². The molecule has 2 rings (SSSR count). The molecule has 2 aromatic rings. The van der Waals surface area contributed by atoms with Crippen molar-refractivity contribution in [1.29, 1.82) is 0 Å². The van der Waals surface area contributed by atoms with Gasteiger partial charge in [-0.25, -0.2) is 4.98 Å². The predicted molar refractivity (Wildman–Crippen MR) is 64.1 cm³/mol. The predicted octanol–water partition coefficient (Wildman–Crippen LogP) is 2.60. The van der Waals surface area contributed by atoms with Crippen molar-refractivity contribution in [3.8, 4) is 0 Å². The van der Waals surface area contributed by atoms with Crippen LogP contribution in [-0.4, -0.2) is 9.55 Å². The first-order chi connectivity index (χ1) is 7.68. The van der Waals surface area contributed by atoms with Crippen LogP contribution in [0.4, 0.5) is 0 Å². The lowest BCUT2D eigenvalue weighted by Gasteiger charge is -2.07. The molecular weight excluding hydrogens is 247 g/mol. The SMILES string of the molecule is O=c1ccncn1Cc1cccc(Cl)c1Cl. The van der Waals surface area contributed by atoms with E-state index in [0.717, 1.165) is 5.56 Å². The molecule has 16 heavy (non-hydrogen) atoms. The summed E-state index contributed by atoms with van der Waals surface area (Å²) in [6.45, 7) is 0.367. The molecule has 0 N–H and O–H groups in total. The average molecular weight is 255 g/mol. The second-order valence-corrected chi connectivity index (χ2v) is 4.04. The maximum absolute atomic E-state index is 11.5. The van der Waals surface area contributed by atoms with Crippen molar-refractivity contribution in [2.24, 2.45) is 0 Å². The van der Waals surface area contributed by atoms with E-state index in [0.29, 0.717) is 16.6 Å². The fourth-order valence-corrected chi connectivity index (χ4v) is 1.73. The summed E-state index contributed by atoms with van der Waals surface area (Å²) in [6.07, 6.45) is 2.93. The molecule has 0 bridgehead atoms. The minimum Gasteiger partial charge on any atom is -0.295 e. The smallest absolute Gasteiger partial charge is 0.253 e. The molecule has 5 heteroatoms. The Morgan fingerprint density at radius 3 is 2.81 bits per heavy atom. The van der Waals surface area contributed by atoms with Crippen LogP contribution in [-0.2, 0) is 6.54 Å². The van der Waals surface area contributed by atoms with Crippen LogP contribution in [0.2, 0.25) is 10.0 Å². The van der Waals surface area contributed by atoms with Gasteiger partial charge in [0, 0.05) is 12.3 Å². The largest absolute Gasteiger partial charge is 0.295 e. The molecule has 0 atom stereocenters. The normalized spacial score (nSPS) is 10.4. The Hall–Kier alpha value is -1.32. The topological polar surface area (TPSA) is 34.9 Å². The van der Waals surface area contributed by atoms with Crippen LogP contribution >= 0.6 is 23.2 Å². The lowest BCUT2D eigenvalue weighted by molar-refractivity contribution is 0.736. The van der Waals surface area contributed by atoms with E-state index in [1.807, 2.05) is 6.07 Å². The van der Waals surface area contributed by atoms with Crippen LogP contribution in [0, 0.1) is 0 Å². The van der Waals surface area contributed by atoms with E-state index in [1.165, 1.54) is 23.2 Å². The Morgan fingerprint density at radius 2 is 2.06 bits per heavy atom. The van der Waals surface area contributed by atoms with E-state index in [2.05, 4.69) is 4.98 Å². The minimum absolute atomic E-state index is 0.119. The van der Waals surface area contributed by atoms with Crippen LogP contribution in [0.15, 0.2) is 41.6 Å². The van der Waals surface area contributed by atoms with Crippen molar-refractivity contribution < 1.29 is 0 Å². The highest BCUT2D eigenvalue weighted by molar-refractivity contribution is 6.42. The molecule has 1 heterocycles. The van der Waals surface area contributed by atoms with Crippen LogP contribution in [0.5, 0.6) is 0 Å². The van der Waals surface area contributed by atoms with E-state index in [4.69, 9.17) is 23.2 Å². The maximum atomic E-state index is 11.5. The molecule has 0 aliphatic rings. The Labute approximate surface area is 102 Å². The highest BCUT2D eigenvalue weighted by atomic mass is 35.5. The number of nitrogens with zero attached hydrogens (tertiary/aromatic N) is 2. The number of hydrogen-bond donors (Lipinski definition) is 0. The molecule has 82 valence electrons. The van der Waals surface area contributed by atoms with Crippen molar-refractivity contribution in [2.75, 3.05) is 0 Å². The average Bonchev–Trinajstić information content (AvgIpc) is 2.28. The number of aromatic nitrogens is 2. The fourth-order valence-electron chi connectivity index (χ4n) is 1.35. The Morgan fingerprint density at radius 1 is 1.25 bits per heavy atom. The molecule has 1 aromatic heterocycles. The summed E-state index contributed by atoms with van der Waals surface area (Å²) in [5, 5.41) is 0.955. The van der Waals surface area contributed by atoms with Crippen molar-refractivity contribution in [2.45, 2.75) is 6.54 Å².